The lowest BCUT2D eigenvalue weighted by molar-refractivity contribution is 0.0614. The van der Waals surface area contributed by atoms with E-state index in [-0.39, 0.29) is 5.91 Å². The maximum absolute atomic E-state index is 12.4. The zero-order valence-electron chi connectivity index (χ0n) is 11.6. The normalized spacial score (nSPS) is 16.8. The number of furan rings is 1. The lowest BCUT2D eigenvalue weighted by Gasteiger charge is -2.33. The van der Waals surface area contributed by atoms with Crippen LogP contribution >= 0.6 is 0 Å². The Bertz CT molecular complexity index is 627. The van der Waals surface area contributed by atoms with Crippen LogP contribution in [0.4, 0.5) is 5.69 Å². The van der Waals surface area contributed by atoms with Gasteiger partial charge in [0, 0.05) is 37.3 Å². The zero-order chi connectivity index (χ0) is 14.1. The molecule has 0 bridgehead atoms. The Morgan fingerprint density at radius 1 is 1.25 bits per heavy atom. The molecule has 0 saturated carbocycles. The molecule has 1 aromatic carbocycles. The van der Waals surface area contributed by atoms with Crippen LogP contribution in [-0.2, 0) is 0 Å². The predicted molar refractivity (Wildman–Crippen MR) is 78.6 cm³/mol. The van der Waals surface area contributed by atoms with Crippen molar-refractivity contribution in [1.82, 2.24) is 9.80 Å². The summed E-state index contributed by atoms with van der Waals surface area (Å²) in [7, 11) is 0. The van der Waals surface area contributed by atoms with Crippen molar-refractivity contribution in [3.05, 3.63) is 30.0 Å². The molecule has 0 radical (unpaired) electrons. The Labute approximate surface area is 117 Å². The summed E-state index contributed by atoms with van der Waals surface area (Å²) < 4.78 is 5.63. The van der Waals surface area contributed by atoms with Gasteiger partial charge >= 0.3 is 0 Å². The molecule has 0 spiro atoms. The summed E-state index contributed by atoms with van der Waals surface area (Å²) in [4.78, 5) is 16.6. The minimum Gasteiger partial charge on any atom is -0.451 e. The van der Waals surface area contributed by atoms with E-state index in [1.54, 1.807) is 18.2 Å². The van der Waals surface area contributed by atoms with Crippen molar-refractivity contribution in [2.75, 3.05) is 38.5 Å². The first kappa shape index (κ1) is 13.0. The summed E-state index contributed by atoms with van der Waals surface area (Å²) in [6.07, 6.45) is 0. The summed E-state index contributed by atoms with van der Waals surface area (Å²) in [5.74, 6) is 0.367. The fourth-order valence-corrected chi connectivity index (χ4v) is 2.59. The maximum atomic E-state index is 12.4. The van der Waals surface area contributed by atoms with Crippen molar-refractivity contribution >= 4 is 22.6 Å². The molecule has 106 valence electrons. The molecule has 2 aromatic rings. The molecule has 1 amide bonds. The second-order valence-electron chi connectivity index (χ2n) is 5.13. The van der Waals surface area contributed by atoms with Gasteiger partial charge in [0.25, 0.3) is 5.91 Å². The summed E-state index contributed by atoms with van der Waals surface area (Å²) >= 11 is 0. The molecule has 1 saturated heterocycles. The third-order valence-electron chi connectivity index (χ3n) is 3.86. The average molecular weight is 273 g/mol. The second kappa shape index (κ2) is 5.17. The van der Waals surface area contributed by atoms with Gasteiger partial charge in [-0.3, -0.25) is 4.79 Å². The largest absolute Gasteiger partial charge is 0.451 e. The standard InChI is InChI=1S/C15H19N3O2/c1-2-17-5-7-18(8-6-17)15(19)14-10-11-9-12(16)3-4-13(11)20-14/h3-4,9-10H,2,5-8,16H2,1H3. The summed E-state index contributed by atoms with van der Waals surface area (Å²) in [6.45, 7) is 6.54. The highest BCUT2D eigenvalue weighted by Gasteiger charge is 2.23. The first-order chi connectivity index (χ1) is 9.67. The molecule has 1 aromatic heterocycles. The van der Waals surface area contributed by atoms with Crippen LogP contribution in [0.25, 0.3) is 11.0 Å². The van der Waals surface area contributed by atoms with Crippen LogP contribution in [0.15, 0.2) is 28.7 Å². The van der Waals surface area contributed by atoms with Crippen molar-refractivity contribution in [2.45, 2.75) is 6.92 Å². The van der Waals surface area contributed by atoms with Crippen LogP contribution in [0.2, 0.25) is 0 Å². The van der Waals surface area contributed by atoms with Gasteiger partial charge in [-0.15, -0.1) is 0 Å². The Morgan fingerprint density at radius 2 is 2.00 bits per heavy atom. The molecule has 0 aliphatic carbocycles. The first-order valence-electron chi connectivity index (χ1n) is 6.98. The van der Waals surface area contributed by atoms with E-state index in [0.29, 0.717) is 17.0 Å². The molecule has 20 heavy (non-hydrogen) atoms. The van der Waals surface area contributed by atoms with Crippen molar-refractivity contribution in [1.29, 1.82) is 0 Å². The van der Waals surface area contributed by atoms with Crippen molar-refractivity contribution in [3.63, 3.8) is 0 Å². The molecular weight excluding hydrogens is 254 g/mol. The van der Waals surface area contributed by atoms with E-state index in [2.05, 4.69) is 11.8 Å². The van der Waals surface area contributed by atoms with Gasteiger partial charge in [0.1, 0.15) is 5.58 Å². The van der Waals surface area contributed by atoms with Crippen LogP contribution in [-0.4, -0.2) is 48.4 Å². The monoisotopic (exact) mass is 273 g/mol. The molecule has 1 aliphatic heterocycles. The number of hydrogen-bond acceptors (Lipinski definition) is 4. The Kier molecular flexibility index (Phi) is 3.36. The highest BCUT2D eigenvalue weighted by Crippen LogP contribution is 2.23. The molecule has 5 nitrogen and oxygen atoms in total. The molecule has 0 unspecified atom stereocenters. The van der Waals surface area contributed by atoms with E-state index >= 15 is 0 Å². The minimum atomic E-state index is -0.0319. The number of carbonyl (C=O) groups is 1. The van der Waals surface area contributed by atoms with Gasteiger partial charge in [-0.2, -0.15) is 0 Å². The first-order valence-corrected chi connectivity index (χ1v) is 6.98. The Balaban J connectivity index is 1.79. The molecule has 1 fully saturated rings. The summed E-state index contributed by atoms with van der Waals surface area (Å²) in [5.41, 5.74) is 7.12. The van der Waals surface area contributed by atoms with Crippen LogP contribution in [0, 0.1) is 0 Å². The van der Waals surface area contributed by atoms with Gasteiger partial charge in [0.2, 0.25) is 0 Å². The van der Waals surface area contributed by atoms with Gasteiger partial charge < -0.3 is 20.0 Å². The number of carbonyl (C=O) groups excluding carboxylic acids is 1. The molecule has 3 rings (SSSR count). The number of benzene rings is 1. The summed E-state index contributed by atoms with van der Waals surface area (Å²) in [6, 6.07) is 7.18. The number of rotatable bonds is 2. The molecule has 1 aliphatic rings. The molecule has 2 heterocycles. The van der Waals surface area contributed by atoms with Gasteiger partial charge in [-0.1, -0.05) is 6.92 Å². The van der Waals surface area contributed by atoms with Crippen molar-refractivity contribution < 1.29 is 9.21 Å². The Hall–Kier alpha value is -2.01. The topological polar surface area (TPSA) is 62.7 Å². The average Bonchev–Trinajstić information content (AvgIpc) is 2.89. The van der Waals surface area contributed by atoms with Crippen LogP contribution < -0.4 is 5.73 Å². The van der Waals surface area contributed by atoms with Gasteiger partial charge in [0.05, 0.1) is 0 Å². The Morgan fingerprint density at radius 3 is 2.70 bits per heavy atom. The van der Waals surface area contributed by atoms with E-state index in [1.165, 1.54) is 0 Å². The minimum absolute atomic E-state index is 0.0319. The number of nitrogen functional groups attached to an aromatic ring is 1. The van der Waals surface area contributed by atoms with E-state index in [9.17, 15) is 4.79 Å². The van der Waals surface area contributed by atoms with E-state index in [1.807, 2.05) is 11.0 Å². The number of likely N-dealkylation sites (N-methyl/N-ethyl adjacent to an activating group) is 1. The highest BCUT2D eigenvalue weighted by molar-refractivity contribution is 5.96. The van der Waals surface area contributed by atoms with Crippen LogP contribution in [0.3, 0.4) is 0 Å². The fraction of sp³-hybridized carbons (Fsp3) is 0.400. The lowest BCUT2D eigenvalue weighted by Crippen LogP contribution is -2.48. The van der Waals surface area contributed by atoms with E-state index in [0.717, 1.165) is 38.1 Å². The number of amides is 1. The second-order valence-corrected chi connectivity index (χ2v) is 5.13. The maximum Gasteiger partial charge on any atom is 0.289 e. The third kappa shape index (κ3) is 2.36. The zero-order valence-corrected chi connectivity index (χ0v) is 11.6. The van der Waals surface area contributed by atoms with Crippen LogP contribution in [0.5, 0.6) is 0 Å². The quantitative estimate of drug-likeness (QED) is 0.847. The number of nitrogens with two attached hydrogens (primary N) is 1. The van der Waals surface area contributed by atoms with Crippen LogP contribution in [0.1, 0.15) is 17.5 Å². The van der Waals surface area contributed by atoms with Crippen molar-refractivity contribution in [3.8, 4) is 0 Å². The molecule has 2 N–H and O–H groups in total. The van der Waals surface area contributed by atoms with Gasteiger partial charge in [0.15, 0.2) is 5.76 Å². The SMILES string of the molecule is CCN1CCN(C(=O)c2cc3cc(N)ccc3o2)CC1. The van der Waals surface area contributed by atoms with E-state index in [4.69, 9.17) is 10.2 Å². The molecule has 5 heteroatoms. The third-order valence-corrected chi connectivity index (χ3v) is 3.86. The number of fused-ring (bicyclic) bond motifs is 1. The molecular formula is C15H19N3O2. The van der Waals surface area contributed by atoms with Gasteiger partial charge in [-0.05, 0) is 30.8 Å². The number of hydrogen-bond donors (Lipinski definition) is 1. The highest BCUT2D eigenvalue weighted by atomic mass is 16.3. The fourth-order valence-electron chi connectivity index (χ4n) is 2.59. The lowest BCUT2D eigenvalue weighted by atomic mass is 10.2. The summed E-state index contributed by atoms with van der Waals surface area (Å²) in [5, 5.41) is 0.876. The number of piperazine rings is 1. The predicted octanol–water partition coefficient (Wildman–Crippen LogP) is 1.79. The van der Waals surface area contributed by atoms with E-state index < -0.39 is 0 Å². The number of anilines is 1. The number of nitrogens with zero attached hydrogens (tertiary/aromatic N) is 2. The van der Waals surface area contributed by atoms with Gasteiger partial charge in [-0.25, -0.2) is 0 Å². The van der Waals surface area contributed by atoms with Crippen molar-refractivity contribution in [2.24, 2.45) is 0 Å². The molecule has 0 atom stereocenters. The smallest absolute Gasteiger partial charge is 0.289 e.